The van der Waals surface area contributed by atoms with E-state index in [2.05, 4.69) is 0 Å². The third-order valence-corrected chi connectivity index (χ3v) is 4.48. The largest absolute Gasteiger partial charge is 0.332 e. The Hall–Kier alpha value is -2.66. The van der Waals surface area contributed by atoms with Gasteiger partial charge in [-0.15, -0.1) is 0 Å². The molecule has 1 atom stereocenters. The van der Waals surface area contributed by atoms with E-state index in [1.165, 1.54) is 4.90 Å². The number of hydrogen-bond acceptors (Lipinski definition) is 3. The zero-order chi connectivity index (χ0) is 18.1. The second kappa shape index (κ2) is 6.69. The van der Waals surface area contributed by atoms with E-state index in [0.29, 0.717) is 16.3 Å². The van der Waals surface area contributed by atoms with Crippen LogP contribution in [0.3, 0.4) is 0 Å². The molecule has 1 heterocycles. The van der Waals surface area contributed by atoms with Gasteiger partial charge in [0.2, 0.25) is 0 Å². The van der Waals surface area contributed by atoms with E-state index in [0.717, 1.165) is 10.5 Å². The Labute approximate surface area is 150 Å². The van der Waals surface area contributed by atoms with Crippen LogP contribution in [0.1, 0.15) is 22.8 Å². The Morgan fingerprint density at radius 2 is 1.64 bits per heavy atom. The highest BCUT2D eigenvalue weighted by Crippen LogP contribution is 2.26. The Kier molecular flexibility index (Phi) is 4.59. The van der Waals surface area contributed by atoms with Gasteiger partial charge in [0.25, 0.3) is 5.91 Å². The summed E-state index contributed by atoms with van der Waals surface area (Å²) in [7, 11) is 0. The van der Waals surface area contributed by atoms with Gasteiger partial charge in [0, 0.05) is 16.3 Å². The smallest absolute Gasteiger partial charge is 0.292 e. The van der Waals surface area contributed by atoms with Crippen molar-refractivity contribution in [2.24, 2.45) is 0 Å². The van der Waals surface area contributed by atoms with Crippen molar-refractivity contribution in [2.45, 2.75) is 19.9 Å². The predicted molar refractivity (Wildman–Crippen MR) is 96.0 cm³/mol. The number of halogens is 1. The van der Waals surface area contributed by atoms with E-state index < -0.39 is 12.1 Å². The van der Waals surface area contributed by atoms with Crippen LogP contribution < -0.4 is 4.90 Å². The average molecular weight is 357 g/mol. The Bertz CT molecular complexity index is 831. The van der Waals surface area contributed by atoms with Crippen LogP contribution in [-0.4, -0.2) is 35.2 Å². The minimum atomic E-state index is -0.645. The Morgan fingerprint density at radius 1 is 1.04 bits per heavy atom. The number of anilines is 1. The fourth-order valence-electron chi connectivity index (χ4n) is 2.78. The topological polar surface area (TPSA) is 57.7 Å². The van der Waals surface area contributed by atoms with Crippen LogP contribution in [0.25, 0.3) is 0 Å². The minimum Gasteiger partial charge on any atom is -0.292 e. The van der Waals surface area contributed by atoms with Crippen LogP contribution in [-0.2, 0) is 4.79 Å². The van der Waals surface area contributed by atoms with Gasteiger partial charge in [-0.3, -0.25) is 19.4 Å². The molecule has 1 fully saturated rings. The molecule has 128 valence electrons. The lowest BCUT2D eigenvalue weighted by Gasteiger charge is -2.19. The standard InChI is InChI=1S/C19H17ClN2O3/c1-12-3-9-16(10-4-12)22-13(2)18(24)21(19(22)25)11-17(23)14-5-7-15(20)8-6-14/h3-10,13H,11H2,1-2H3/t13-/m1/s1. The van der Waals surface area contributed by atoms with Gasteiger partial charge in [0.05, 0.1) is 6.54 Å². The van der Waals surface area contributed by atoms with Gasteiger partial charge in [-0.2, -0.15) is 0 Å². The van der Waals surface area contributed by atoms with Crippen molar-refractivity contribution in [1.29, 1.82) is 0 Å². The maximum absolute atomic E-state index is 12.7. The number of carbonyl (C=O) groups excluding carboxylic acids is 3. The molecule has 6 heteroatoms. The van der Waals surface area contributed by atoms with Crippen molar-refractivity contribution in [1.82, 2.24) is 4.90 Å². The zero-order valence-corrected chi connectivity index (χ0v) is 14.7. The fourth-order valence-corrected chi connectivity index (χ4v) is 2.91. The highest BCUT2D eigenvalue weighted by Gasteiger charge is 2.44. The van der Waals surface area contributed by atoms with Crippen LogP contribution in [0.4, 0.5) is 10.5 Å². The molecule has 0 unspecified atom stereocenters. The summed E-state index contributed by atoms with van der Waals surface area (Å²) in [5.41, 5.74) is 2.11. The first-order valence-corrected chi connectivity index (χ1v) is 8.26. The molecule has 0 aromatic heterocycles. The molecular weight excluding hydrogens is 340 g/mol. The van der Waals surface area contributed by atoms with E-state index in [1.54, 1.807) is 43.3 Å². The molecule has 0 aliphatic carbocycles. The molecule has 1 aliphatic rings. The lowest BCUT2D eigenvalue weighted by Crippen LogP contribution is -2.37. The minimum absolute atomic E-state index is 0.286. The number of amides is 3. The molecule has 5 nitrogen and oxygen atoms in total. The number of Topliss-reactive ketones (excluding diaryl/α,β-unsaturated/α-hetero) is 1. The number of carbonyl (C=O) groups is 3. The highest BCUT2D eigenvalue weighted by molar-refractivity contribution is 6.30. The summed E-state index contributed by atoms with van der Waals surface area (Å²) in [6.07, 6.45) is 0. The van der Waals surface area contributed by atoms with E-state index in [4.69, 9.17) is 11.6 Å². The van der Waals surface area contributed by atoms with Crippen LogP contribution >= 0.6 is 11.6 Å². The first kappa shape index (κ1) is 17.2. The molecule has 0 N–H and O–H groups in total. The van der Waals surface area contributed by atoms with Crippen LogP contribution in [0, 0.1) is 6.92 Å². The molecule has 3 rings (SSSR count). The van der Waals surface area contributed by atoms with Gasteiger partial charge in [0.15, 0.2) is 5.78 Å². The first-order chi connectivity index (χ1) is 11.9. The molecule has 2 aromatic rings. The number of ketones is 1. The first-order valence-electron chi connectivity index (χ1n) is 7.88. The summed E-state index contributed by atoms with van der Waals surface area (Å²) in [5, 5.41) is 0.518. The molecule has 0 radical (unpaired) electrons. The summed E-state index contributed by atoms with van der Waals surface area (Å²) in [5.74, 6) is -0.691. The fraction of sp³-hybridized carbons (Fsp3) is 0.211. The molecular formula is C19H17ClN2O3. The van der Waals surface area contributed by atoms with Crippen molar-refractivity contribution < 1.29 is 14.4 Å². The average Bonchev–Trinajstić information content (AvgIpc) is 2.80. The molecule has 2 aromatic carbocycles. The Morgan fingerprint density at radius 3 is 2.24 bits per heavy atom. The predicted octanol–water partition coefficient (Wildman–Crippen LogP) is 3.69. The van der Waals surface area contributed by atoms with E-state index in [9.17, 15) is 14.4 Å². The zero-order valence-electron chi connectivity index (χ0n) is 13.9. The SMILES string of the molecule is Cc1ccc(N2C(=O)N(CC(=O)c3ccc(Cl)cc3)C(=O)[C@H]2C)cc1. The molecule has 0 bridgehead atoms. The van der Waals surface area contributed by atoms with Crippen molar-refractivity contribution in [2.75, 3.05) is 11.4 Å². The van der Waals surface area contributed by atoms with Crippen molar-refractivity contribution in [3.8, 4) is 0 Å². The molecule has 0 spiro atoms. The van der Waals surface area contributed by atoms with Crippen LogP contribution in [0.5, 0.6) is 0 Å². The van der Waals surface area contributed by atoms with Gasteiger partial charge in [-0.25, -0.2) is 4.79 Å². The van der Waals surface area contributed by atoms with E-state index in [1.807, 2.05) is 19.1 Å². The quantitative estimate of drug-likeness (QED) is 0.620. The molecule has 25 heavy (non-hydrogen) atoms. The second-order valence-electron chi connectivity index (χ2n) is 6.02. The van der Waals surface area contributed by atoms with Gasteiger partial charge >= 0.3 is 6.03 Å². The monoisotopic (exact) mass is 356 g/mol. The lowest BCUT2D eigenvalue weighted by atomic mass is 10.1. The molecule has 1 saturated heterocycles. The summed E-state index contributed by atoms with van der Waals surface area (Å²) in [6.45, 7) is 3.32. The number of hydrogen-bond donors (Lipinski definition) is 0. The van der Waals surface area contributed by atoms with Crippen LogP contribution in [0.2, 0.25) is 5.02 Å². The third-order valence-electron chi connectivity index (χ3n) is 4.23. The number of urea groups is 1. The van der Waals surface area contributed by atoms with Gasteiger partial charge < -0.3 is 0 Å². The molecule has 0 saturated carbocycles. The number of aryl methyl sites for hydroxylation is 1. The summed E-state index contributed by atoms with van der Waals surface area (Å²) < 4.78 is 0. The maximum Gasteiger partial charge on any atom is 0.332 e. The highest BCUT2D eigenvalue weighted by atomic mass is 35.5. The van der Waals surface area contributed by atoms with Gasteiger partial charge in [-0.1, -0.05) is 29.3 Å². The molecule has 3 amide bonds. The van der Waals surface area contributed by atoms with Gasteiger partial charge in [0.1, 0.15) is 6.04 Å². The van der Waals surface area contributed by atoms with Crippen molar-refractivity contribution >= 4 is 35.0 Å². The van der Waals surface area contributed by atoms with Crippen molar-refractivity contribution in [3.05, 3.63) is 64.7 Å². The number of benzene rings is 2. The van der Waals surface area contributed by atoms with Crippen molar-refractivity contribution in [3.63, 3.8) is 0 Å². The summed E-state index contributed by atoms with van der Waals surface area (Å²) in [4.78, 5) is 40.0. The molecule has 1 aliphatic heterocycles. The summed E-state index contributed by atoms with van der Waals surface area (Å²) in [6, 6.07) is 12.6. The normalized spacial score (nSPS) is 17.3. The number of nitrogens with zero attached hydrogens (tertiary/aromatic N) is 2. The third kappa shape index (κ3) is 3.28. The van der Waals surface area contributed by atoms with Crippen LogP contribution in [0.15, 0.2) is 48.5 Å². The lowest BCUT2D eigenvalue weighted by molar-refractivity contribution is -0.126. The van der Waals surface area contributed by atoms with Gasteiger partial charge in [-0.05, 0) is 50.2 Å². The Balaban J connectivity index is 1.81. The second-order valence-corrected chi connectivity index (χ2v) is 6.45. The summed E-state index contributed by atoms with van der Waals surface area (Å²) >= 11 is 5.81. The number of imide groups is 1. The van der Waals surface area contributed by atoms with E-state index in [-0.39, 0.29) is 18.2 Å². The maximum atomic E-state index is 12.7. The number of rotatable bonds is 4. The van der Waals surface area contributed by atoms with E-state index >= 15 is 0 Å².